The summed E-state index contributed by atoms with van der Waals surface area (Å²) in [6.45, 7) is 3.89. The maximum Gasteiger partial charge on any atom is 0.311 e. The third kappa shape index (κ3) is 5.16. The summed E-state index contributed by atoms with van der Waals surface area (Å²) in [5.41, 5.74) is 2.71. The van der Waals surface area contributed by atoms with Crippen molar-refractivity contribution in [3.8, 4) is 0 Å². The summed E-state index contributed by atoms with van der Waals surface area (Å²) in [5, 5.41) is 10.8. The van der Waals surface area contributed by atoms with E-state index < -0.39 is 16.8 Å². The first kappa shape index (κ1) is 23.2. The molecule has 1 unspecified atom stereocenters. The Balaban J connectivity index is 1.23. The van der Waals surface area contributed by atoms with Gasteiger partial charge in [0.2, 0.25) is 5.91 Å². The third-order valence-corrected chi connectivity index (χ3v) is 6.20. The lowest BCUT2D eigenvalue weighted by Crippen LogP contribution is -2.50. The van der Waals surface area contributed by atoms with Crippen LogP contribution in [-0.2, 0) is 19.1 Å². The number of carbonyl (C=O) groups is 3. The van der Waals surface area contributed by atoms with Crippen molar-refractivity contribution < 1.29 is 24.0 Å². The number of ether oxygens (including phenoxy) is 1. The van der Waals surface area contributed by atoms with Crippen LogP contribution >= 0.6 is 0 Å². The van der Waals surface area contributed by atoms with Gasteiger partial charge in [-0.2, -0.15) is 0 Å². The van der Waals surface area contributed by atoms with Crippen LogP contribution in [0.1, 0.15) is 12.0 Å². The molecule has 2 saturated heterocycles. The van der Waals surface area contributed by atoms with Gasteiger partial charge in [-0.1, -0.05) is 17.7 Å². The highest BCUT2D eigenvalue weighted by atomic mass is 16.6. The second-order valence-corrected chi connectivity index (χ2v) is 8.49. The molecule has 34 heavy (non-hydrogen) atoms. The Morgan fingerprint density at radius 1 is 1.00 bits per heavy atom. The van der Waals surface area contributed by atoms with Gasteiger partial charge < -0.3 is 19.4 Å². The zero-order valence-corrected chi connectivity index (χ0v) is 18.9. The molecule has 2 aliphatic heterocycles. The topological polar surface area (TPSA) is 113 Å². The number of non-ortho nitro benzene ring substituents is 1. The van der Waals surface area contributed by atoms with Crippen molar-refractivity contribution in [2.45, 2.75) is 13.3 Å². The summed E-state index contributed by atoms with van der Waals surface area (Å²) >= 11 is 0. The number of anilines is 2. The monoisotopic (exact) mass is 466 g/mol. The SMILES string of the molecule is Cc1ccc(N2CC(C(=O)OCC(=O)N3CCN(c4ccc([N+](=O)[O-])cc4)CC3)CC2=O)cc1. The molecule has 2 fully saturated rings. The summed E-state index contributed by atoms with van der Waals surface area (Å²) in [7, 11) is 0. The van der Waals surface area contributed by atoms with Gasteiger partial charge in [-0.05, 0) is 31.2 Å². The van der Waals surface area contributed by atoms with Crippen molar-refractivity contribution in [3.63, 3.8) is 0 Å². The van der Waals surface area contributed by atoms with E-state index in [1.54, 1.807) is 21.9 Å². The second-order valence-electron chi connectivity index (χ2n) is 8.49. The van der Waals surface area contributed by atoms with Crippen molar-refractivity contribution >= 4 is 34.8 Å². The molecular formula is C24H26N4O6. The van der Waals surface area contributed by atoms with Gasteiger partial charge in [0.1, 0.15) is 0 Å². The predicted octanol–water partition coefficient (Wildman–Crippen LogP) is 2.15. The highest BCUT2D eigenvalue weighted by Gasteiger charge is 2.36. The standard InChI is InChI=1S/C24H26N4O6/c1-17-2-4-20(5-3-17)27-15-18(14-22(27)29)24(31)34-16-23(30)26-12-10-25(11-13-26)19-6-8-21(9-7-19)28(32)33/h2-9,18H,10-16H2,1H3. The molecule has 2 amide bonds. The average molecular weight is 466 g/mol. The van der Waals surface area contributed by atoms with Crippen LogP contribution in [0.15, 0.2) is 48.5 Å². The van der Waals surface area contributed by atoms with Gasteiger partial charge in [0.15, 0.2) is 6.61 Å². The number of esters is 1. The average Bonchev–Trinajstić information content (AvgIpc) is 3.24. The highest BCUT2D eigenvalue weighted by Crippen LogP contribution is 2.26. The fourth-order valence-electron chi connectivity index (χ4n) is 4.18. The zero-order chi connectivity index (χ0) is 24.2. The van der Waals surface area contributed by atoms with E-state index in [0.717, 1.165) is 16.9 Å². The minimum atomic E-state index is -0.597. The summed E-state index contributed by atoms with van der Waals surface area (Å²) in [5.74, 6) is -1.56. The van der Waals surface area contributed by atoms with Crippen LogP contribution in [0.25, 0.3) is 0 Å². The first-order valence-corrected chi connectivity index (χ1v) is 11.1. The van der Waals surface area contributed by atoms with Crippen LogP contribution in [-0.4, -0.2) is 66.9 Å². The van der Waals surface area contributed by atoms with Crippen LogP contribution in [0.5, 0.6) is 0 Å². The second kappa shape index (κ2) is 9.90. The molecule has 10 nitrogen and oxygen atoms in total. The Bertz CT molecular complexity index is 1080. The van der Waals surface area contributed by atoms with Gasteiger partial charge in [-0.25, -0.2) is 0 Å². The Kier molecular flexibility index (Phi) is 6.76. The predicted molar refractivity (Wildman–Crippen MR) is 124 cm³/mol. The van der Waals surface area contributed by atoms with E-state index in [9.17, 15) is 24.5 Å². The van der Waals surface area contributed by atoms with Gasteiger partial charge in [0.25, 0.3) is 11.6 Å². The molecule has 1 atom stereocenters. The molecule has 0 aliphatic carbocycles. The molecule has 4 rings (SSSR count). The number of benzene rings is 2. The van der Waals surface area contributed by atoms with E-state index in [1.165, 1.54) is 12.1 Å². The molecule has 2 aromatic carbocycles. The van der Waals surface area contributed by atoms with E-state index >= 15 is 0 Å². The number of nitrogens with zero attached hydrogens (tertiary/aromatic N) is 4. The molecule has 178 valence electrons. The molecule has 0 aromatic heterocycles. The highest BCUT2D eigenvalue weighted by molar-refractivity contribution is 5.99. The largest absolute Gasteiger partial charge is 0.455 e. The summed E-state index contributed by atoms with van der Waals surface area (Å²) in [6.07, 6.45) is 0.0643. The van der Waals surface area contributed by atoms with Gasteiger partial charge in [0, 0.05) is 62.7 Å². The number of amides is 2. The molecule has 0 radical (unpaired) electrons. The minimum Gasteiger partial charge on any atom is -0.455 e. The Labute approximate surface area is 196 Å². The molecule has 10 heteroatoms. The van der Waals surface area contributed by atoms with Crippen molar-refractivity contribution in [2.75, 3.05) is 49.1 Å². The van der Waals surface area contributed by atoms with E-state index in [4.69, 9.17) is 4.74 Å². The van der Waals surface area contributed by atoms with Gasteiger partial charge in [-0.15, -0.1) is 0 Å². The number of nitro groups is 1. The molecule has 0 bridgehead atoms. The zero-order valence-electron chi connectivity index (χ0n) is 18.9. The molecule has 2 aliphatic rings. The first-order valence-electron chi connectivity index (χ1n) is 11.1. The Morgan fingerprint density at radius 2 is 1.62 bits per heavy atom. The smallest absolute Gasteiger partial charge is 0.311 e. The quantitative estimate of drug-likeness (QED) is 0.364. The number of hydrogen-bond donors (Lipinski definition) is 0. The number of piperazine rings is 1. The molecular weight excluding hydrogens is 440 g/mol. The van der Waals surface area contributed by atoms with E-state index in [1.807, 2.05) is 36.1 Å². The van der Waals surface area contributed by atoms with Crippen LogP contribution in [0, 0.1) is 23.0 Å². The summed E-state index contributed by atoms with van der Waals surface area (Å²) in [4.78, 5) is 53.0. The van der Waals surface area contributed by atoms with Gasteiger partial charge in [0.05, 0.1) is 10.8 Å². The lowest BCUT2D eigenvalue weighted by atomic mass is 10.1. The first-order chi connectivity index (χ1) is 16.3. The maximum atomic E-state index is 12.5. The summed E-state index contributed by atoms with van der Waals surface area (Å²) < 4.78 is 5.25. The van der Waals surface area contributed by atoms with Crippen LogP contribution in [0.2, 0.25) is 0 Å². The Hall–Kier alpha value is -3.95. The summed E-state index contributed by atoms with van der Waals surface area (Å²) in [6, 6.07) is 13.8. The van der Waals surface area contributed by atoms with Crippen molar-refractivity contribution in [2.24, 2.45) is 5.92 Å². The maximum absolute atomic E-state index is 12.5. The fraction of sp³-hybridized carbons (Fsp3) is 0.375. The molecule has 2 aromatic rings. The lowest BCUT2D eigenvalue weighted by Gasteiger charge is -2.36. The van der Waals surface area contributed by atoms with E-state index in [2.05, 4.69) is 0 Å². The molecule has 2 heterocycles. The van der Waals surface area contributed by atoms with Gasteiger partial charge >= 0.3 is 5.97 Å². The van der Waals surface area contributed by atoms with Crippen molar-refractivity contribution in [1.29, 1.82) is 0 Å². The molecule has 0 saturated carbocycles. The van der Waals surface area contributed by atoms with E-state index in [-0.39, 0.29) is 37.1 Å². The number of hydrogen-bond acceptors (Lipinski definition) is 7. The van der Waals surface area contributed by atoms with E-state index in [0.29, 0.717) is 26.2 Å². The minimum absolute atomic E-state index is 0.0327. The van der Waals surface area contributed by atoms with Crippen LogP contribution in [0.3, 0.4) is 0 Å². The number of carbonyl (C=O) groups excluding carboxylic acids is 3. The normalized spacial score (nSPS) is 18.2. The van der Waals surface area contributed by atoms with Crippen LogP contribution in [0.4, 0.5) is 17.1 Å². The van der Waals surface area contributed by atoms with Crippen molar-refractivity contribution in [1.82, 2.24) is 4.90 Å². The number of nitro benzene ring substituents is 1. The number of aryl methyl sites for hydroxylation is 1. The fourth-order valence-corrected chi connectivity index (χ4v) is 4.18. The Morgan fingerprint density at radius 3 is 2.24 bits per heavy atom. The lowest BCUT2D eigenvalue weighted by molar-refractivity contribution is -0.384. The van der Waals surface area contributed by atoms with Crippen LogP contribution < -0.4 is 9.80 Å². The van der Waals surface area contributed by atoms with Crippen molar-refractivity contribution in [3.05, 3.63) is 64.2 Å². The third-order valence-electron chi connectivity index (χ3n) is 6.20. The van der Waals surface area contributed by atoms with Gasteiger partial charge in [-0.3, -0.25) is 24.5 Å². The molecule has 0 N–H and O–H groups in total. The molecule has 0 spiro atoms. The number of rotatable bonds is 6.